The molecule has 0 bridgehead atoms. The van der Waals surface area contributed by atoms with Crippen molar-refractivity contribution < 1.29 is 31.1 Å². The number of carbonyl (C=O) groups is 1. The lowest BCUT2D eigenvalue weighted by Gasteiger charge is -2.31. The van der Waals surface area contributed by atoms with Gasteiger partial charge in [0.05, 0.1) is 21.2 Å². The molecule has 34 heavy (non-hydrogen) atoms. The van der Waals surface area contributed by atoms with E-state index >= 15 is 0 Å². The zero-order chi connectivity index (χ0) is 25.3. The Balaban J connectivity index is 1.82. The molecule has 0 N–H and O–H groups in total. The van der Waals surface area contributed by atoms with E-state index in [0.29, 0.717) is 35.8 Å². The van der Waals surface area contributed by atoms with Gasteiger partial charge in [-0.1, -0.05) is 29.3 Å². The second-order valence-corrected chi connectivity index (χ2v) is 9.06. The van der Waals surface area contributed by atoms with E-state index in [4.69, 9.17) is 23.2 Å². The summed E-state index contributed by atoms with van der Waals surface area (Å²) in [6.45, 7) is 1.28. The van der Waals surface area contributed by atoms with Gasteiger partial charge in [-0.15, -0.1) is 0 Å². The van der Waals surface area contributed by atoms with Gasteiger partial charge in [0.1, 0.15) is 6.04 Å². The fourth-order valence-corrected chi connectivity index (χ4v) is 4.28. The van der Waals surface area contributed by atoms with Gasteiger partial charge < -0.3 is 4.90 Å². The first kappa shape index (κ1) is 26.6. The van der Waals surface area contributed by atoms with Crippen LogP contribution in [0.2, 0.25) is 10.0 Å². The molecule has 2 aromatic carbocycles. The van der Waals surface area contributed by atoms with Gasteiger partial charge >= 0.3 is 12.4 Å². The number of likely N-dealkylation sites (N-methyl/N-ethyl adjacent to an activating group) is 1. The van der Waals surface area contributed by atoms with Crippen LogP contribution in [0.25, 0.3) is 0 Å². The average molecular weight is 527 g/mol. The molecule has 1 atom stereocenters. The summed E-state index contributed by atoms with van der Waals surface area (Å²) < 4.78 is 78.8. The van der Waals surface area contributed by atoms with Crippen LogP contribution < -0.4 is 0 Å². The monoisotopic (exact) mass is 526 g/mol. The first-order valence-electron chi connectivity index (χ1n) is 10.5. The van der Waals surface area contributed by atoms with Crippen molar-refractivity contribution in [3.05, 3.63) is 68.7 Å². The maximum atomic E-state index is 13.3. The van der Waals surface area contributed by atoms with Crippen LogP contribution in [0.3, 0.4) is 0 Å². The predicted molar refractivity (Wildman–Crippen MR) is 118 cm³/mol. The Morgan fingerprint density at radius 3 is 2.00 bits per heavy atom. The molecule has 186 valence electrons. The minimum Gasteiger partial charge on any atom is -0.344 e. The molecule has 3 nitrogen and oxygen atoms in total. The molecule has 0 radical (unpaired) electrons. The quantitative estimate of drug-likeness (QED) is 0.383. The van der Waals surface area contributed by atoms with Gasteiger partial charge in [0, 0.05) is 13.6 Å². The third-order valence-corrected chi connectivity index (χ3v) is 6.50. The van der Waals surface area contributed by atoms with Crippen molar-refractivity contribution in [2.75, 3.05) is 26.7 Å². The van der Waals surface area contributed by atoms with Crippen LogP contribution in [0.1, 0.15) is 41.1 Å². The van der Waals surface area contributed by atoms with Crippen LogP contribution in [0.5, 0.6) is 0 Å². The van der Waals surface area contributed by atoms with Gasteiger partial charge in [-0.05, 0) is 73.8 Å². The van der Waals surface area contributed by atoms with E-state index in [0.717, 1.165) is 12.8 Å². The van der Waals surface area contributed by atoms with E-state index in [2.05, 4.69) is 0 Å². The Labute approximate surface area is 203 Å². The molecule has 2 aromatic rings. The molecule has 1 fully saturated rings. The number of alkyl halides is 6. The lowest BCUT2D eigenvalue weighted by molar-refractivity contribution is -0.143. The number of rotatable bonds is 6. The molecule has 1 unspecified atom stereocenters. The third kappa shape index (κ3) is 6.37. The van der Waals surface area contributed by atoms with Crippen LogP contribution in [0.4, 0.5) is 26.3 Å². The second kappa shape index (κ2) is 10.3. The highest BCUT2D eigenvalue weighted by atomic mass is 35.5. The van der Waals surface area contributed by atoms with Crippen LogP contribution in [-0.4, -0.2) is 42.4 Å². The number of hydrogen-bond acceptors (Lipinski definition) is 2. The van der Waals surface area contributed by atoms with Crippen molar-refractivity contribution in [1.82, 2.24) is 9.80 Å². The smallest absolute Gasteiger partial charge is 0.344 e. The van der Waals surface area contributed by atoms with Gasteiger partial charge in [-0.3, -0.25) is 9.69 Å². The molecule has 1 saturated heterocycles. The van der Waals surface area contributed by atoms with Gasteiger partial charge in [0.15, 0.2) is 0 Å². The standard InChI is InChI=1S/C23H22Cl2F6N2O/c1-32(9-6-14-10-16(22(26,27)28)13-17(11-14)23(29,30)31)21(34)20(33-7-2-3-8-33)15-4-5-18(24)19(25)12-15/h4-5,10-13,20H,2-3,6-9H2,1H3. The minimum absolute atomic E-state index is 0.0664. The highest BCUT2D eigenvalue weighted by molar-refractivity contribution is 6.42. The third-order valence-electron chi connectivity index (χ3n) is 5.76. The summed E-state index contributed by atoms with van der Waals surface area (Å²) in [6, 6.07) is 5.64. The van der Waals surface area contributed by atoms with Gasteiger partial charge in [0.2, 0.25) is 5.91 Å². The molecular formula is C23H22Cl2F6N2O. The van der Waals surface area contributed by atoms with E-state index in [9.17, 15) is 31.1 Å². The highest BCUT2D eigenvalue weighted by Crippen LogP contribution is 2.37. The van der Waals surface area contributed by atoms with Crippen molar-refractivity contribution in [2.45, 2.75) is 37.7 Å². The van der Waals surface area contributed by atoms with Crippen LogP contribution >= 0.6 is 23.2 Å². The van der Waals surface area contributed by atoms with E-state index in [1.807, 2.05) is 4.90 Å². The molecule has 0 spiro atoms. The van der Waals surface area contributed by atoms with E-state index < -0.39 is 29.5 Å². The normalized spacial score (nSPS) is 16.0. The van der Waals surface area contributed by atoms with Gasteiger partial charge in [-0.2, -0.15) is 26.3 Å². The summed E-state index contributed by atoms with van der Waals surface area (Å²) in [5.41, 5.74) is -2.30. The van der Waals surface area contributed by atoms with Crippen LogP contribution in [0.15, 0.2) is 36.4 Å². The van der Waals surface area contributed by atoms with E-state index in [1.54, 1.807) is 18.2 Å². The molecule has 3 rings (SSSR count). The Bertz CT molecular complexity index is 1000. The molecule has 1 amide bonds. The Hall–Kier alpha value is -1.97. The molecular weight excluding hydrogens is 505 g/mol. The van der Waals surface area contributed by atoms with Crippen molar-refractivity contribution in [3.63, 3.8) is 0 Å². The van der Waals surface area contributed by atoms with Gasteiger partial charge in [0.25, 0.3) is 0 Å². The summed E-state index contributed by atoms with van der Waals surface area (Å²) in [4.78, 5) is 16.6. The van der Waals surface area contributed by atoms with Gasteiger partial charge in [-0.25, -0.2) is 0 Å². The summed E-state index contributed by atoms with van der Waals surface area (Å²) in [6.07, 6.45) is -8.22. The summed E-state index contributed by atoms with van der Waals surface area (Å²) in [7, 11) is 1.47. The summed E-state index contributed by atoms with van der Waals surface area (Å²) in [5.74, 6) is -0.330. The fraction of sp³-hybridized carbons (Fsp3) is 0.435. The number of amides is 1. The number of hydrogen-bond donors (Lipinski definition) is 0. The van der Waals surface area contributed by atoms with E-state index in [-0.39, 0.29) is 35.5 Å². The van der Waals surface area contributed by atoms with E-state index in [1.165, 1.54) is 11.9 Å². The number of benzene rings is 2. The summed E-state index contributed by atoms with van der Waals surface area (Å²) in [5, 5.41) is 0.610. The lowest BCUT2D eigenvalue weighted by atomic mass is 10.0. The predicted octanol–water partition coefficient (Wildman–Crippen LogP) is 6.87. The number of carbonyl (C=O) groups excluding carboxylic acids is 1. The Kier molecular flexibility index (Phi) is 8.10. The molecule has 1 aliphatic rings. The summed E-state index contributed by atoms with van der Waals surface area (Å²) >= 11 is 12.1. The van der Waals surface area contributed by atoms with Crippen molar-refractivity contribution >= 4 is 29.1 Å². The molecule has 11 heteroatoms. The molecule has 0 aromatic heterocycles. The number of halogens is 8. The van der Waals surface area contributed by atoms with Crippen molar-refractivity contribution in [1.29, 1.82) is 0 Å². The first-order chi connectivity index (χ1) is 15.8. The second-order valence-electron chi connectivity index (χ2n) is 8.24. The zero-order valence-corrected chi connectivity index (χ0v) is 19.6. The minimum atomic E-state index is -4.92. The van der Waals surface area contributed by atoms with Crippen LogP contribution in [0, 0.1) is 0 Å². The molecule has 0 aliphatic carbocycles. The molecule has 1 heterocycles. The maximum Gasteiger partial charge on any atom is 0.416 e. The Morgan fingerprint density at radius 1 is 0.941 bits per heavy atom. The Morgan fingerprint density at radius 2 is 1.50 bits per heavy atom. The number of likely N-dealkylation sites (tertiary alicyclic amines) is 1. The zero-order valence-electron chi connectivity index (χ0n) is 18.1. The molecule has 0 saturated carbocycles. The van der Waals surface area contributed by atoms with Crippen molar-refractivity contribution in [2.24, 2.45) is 0 Å². The topological polar surface area (TPSA) is 23.6 Å². The average Bonchev–Trinajstić information content (AvgIpc) is 3.27. The number of nitrogens with zero attached hydrogens (tertiary/aromatic N) is 2. The van der Waals surface area contributed by atoms with Crippen LogP contribution in [-0.2, 0) is 23.6 Å². The van der Waals surface area contributed by atoms with Crippen molar-refractivity contribution in [3.8, 4) is 0 Å². The fourth-order valence-electron chi connectivity index (χ4n) is 3.97. The molecule has 1 aliphatic heterocycles. The SMILES string of the molecule is CN(CCc1cc(C(F)(F)F)cc(C(F)(F)F)c1)C(=O)C(c1ccc(Cl)c(Cl)c1)N1CCCC1. The highest BCUT2D eigenvalue weighted by Gasteiger charge is 2.37. The maximum absolute atomic E-state index is 13.3. The lowest BCUT2D eigenvalue weighted by Crippen LogP contribution is -2.41. The largest absolute Gasteiger partial charge is 0.416 e. The first-order valence-corrected chi connectivity index (χ1v) is 11.3.